The van der Waals surface area contributed by atoms with Gasteiger partial charge in [-0.05, 0) is 13.5 Å². The molecule has 1 fully saturated rings. The number of rotatable bonds is 2. The highest BCUT2D eigenvalue weighted by atomic mass is 35.5. The van der Waals surface area contributed by atoms with Crippen molar-refractivity contribution in [1.82, 2.24) is 19.6 Å². The fourth-order valence-electron chi connectivity index (χ4n) is 2.75. The van der Waals surface area contributed by atoms with Crippen LogP contribution in [-0.2, 0) is 17.9 Å². The minimum Gasteiger partial charge on any atom is -0.369 e. The Morgan fingerprint density at radius 3 is 2.71 bits per heavy atom. The molecular weight excluding hydrogens is 294 g/mol. The highest BCUT2D eigenvalue weighted by molar-refractivity contribution is 6.34. The second-order valence-electron chi connectivity index (χ2n) is 5.73. The number of nitrogens with two attached hydrogens (primary N) is 1. The van der Waals surface area contributed by atoms with Crippen molar-refractivity contribution in [2.45, 2.75) is 19.5 Å². The predicted octanol–water partition coefficient (Wildman–Crippen LogP) is -0.0707. The molecule has 0 spiro atoms. The number of halogens is 1. The van der Waals surface area contributed by atoms with Crippen LogP contribution in [0.1, 0.15) is 22.6 Å². The Morgan fingerprint density at radius 1 is 1.33 bits per heavy atom. The normalized spacial score (nSPS) is 19.8. The van der Waals surface area contributed by atoms with E-state index in [0.29, 0.717) is 24.7 Å². The van der Waals surface area contributed by atoms with E-state index < -0.39 is 0 Å². The molecule has 2 aliphatic heterocycles. The quantitative estimate of drug-likeness (QED) is 0.828. The van der Waals surface area contributed by atoms with E-state index in [-0.39, 0.29) is 23.4 Å². The molecule has 2 N–H and O–H groups in total. The summed E-state index contributed by atoms with van der Waals surface area (Å²) in [7, 11) is 2.02. The maximum absolute atomic E-state index is 12.4. The first-order valence-corrected chi connectivity index (χ1v) is 7.37. The topological polar surface area (TPSA) is 84.5 Å². The summed E-state index contributed by atoms with van der Waals surface area (Å²) in [5.74, 6) is -0.840. The van der Waals surface area contributed by atoms with Crippen LogP contribution in [0.3, 0.4) is 0 Å². The zero-order valence-electron chi connectivity index (χ0n) is 11.9. The minimum atomic E-state index is -0.368. The molecule has 0 aliphatic carbocycles. The lowest BCUT2D eigenvalue weighted by Crippen LogP contribution is -2.54. The molecule has 0 radical (unpaired) electrons. The molecule has 1 aromatic rings. The van der Waals surface area contributed by atoms with Crippen LogP contribution >= 0.6 is 11.6 Å². The molecule has 0 unspecified atom stereocenters. The van der Waals surface area contributed by atoms with Gasteiger partial charge in [0.1, 0.15) is 0 Å². The molecule has 8 heteroatoms. The van der Waals surface area contributed by atoms with Crippen molar-refractivity contribution in [1.29, 1.82) is 0 Å². The number of fused-ring (bicyclic) bond motifs is 1. The van der Waals surface area contributed by atoms with Crippen molar-refractivity contribution in [3.63, 3.8) is 0 Å². The molecule has 2 aliphatic rings. The number of aryl methyl sites for hydroxylation is 1. The fourth-order valence-corrected chi connectivity index (χ4v) is 3.02. The molecule has 0 bridgehead atoms. The van der Waals surface area contributed by atoms with Gasteiger partial charge in [0.25, 0.3) is 5.91 Å². The average Bonchev–Trinajstić information content (AvgIpc) is 2.54. The fraction of sp³-hybridized carbons (Fsp3) is 0.615. The second kappa shape index (κ2) is 5.31. The van der Waals surface area contributed by atoms with Gasteiger partial charge in [-0.1, -0.05) is 11.6 Å². The van der Waals surface area contributed by atoms with Crippen molar-refractivity contribution in [3.05, 3.63) is 16.4 Å². The summed E-state index contributed by atoms with van der Waals surface area (Å²) in [6.07, 6.45) is 0.975. The number of aromatic nitrogens is 2. The molecule has 7 nitrogen and oxygen atoms in total. The predicted molar refractivity (Wildman–Crippen MR) is 76.8 cm³/mol. The highest BCUT2D eigenvalue weighted by Gasteiger charge is 2.37. The maximum Gasteiger partial charge on any atom is 0.275 e. The number of carbonyl (C=O) groups excluding carboxylic acids is 2. The van der Waals surface area contributed by atoms with Crippen LogP contribution in [0, 0.1) is 5.92 Å². The van der Waals surface area contributed by atoms with E-state index in [2.05, 4.69) is 10.00 Å². The Kier molecular flexibility index (Phi) is 3.62. The Morgan fingerprint density at radius 2 is 2.05 bits per heavy atom. The van der Waals surface area contributed by atoms with E-state index in [9.17, 15) is 9.59 Å². The molecule has 1 aromatic heterocycles. The van der Waals surface area contributed by atoms with Crippen LogP contribution in [0.5, 0.6) is 0 Å². The maximum atomic E-state index is 12.4. The molecule has 114 valence electrons. The lowest BCUT2D eigenvalue weighted by atomic mass is 9.99. The third-order valence-corrected chi connectivity index (χ3v) is 4.49. The van der Waals surface area contributed by atoms with Gasteiger partial charge in [0.05, 0.1) is 16.6 Å². The number of hydrogen-bond donors (Lipinski definition) is 1. The summed E-state index contributed by atoms with van der Waals surface area (Å²) in [4.78, 5) is 27.1. The summed E-state index contributed by atoms with van der Waals surface area (Å²) < 4.78 is 1.82. The van der Waals surface area contributed by atoms with E-state index in [0.717, 1.165) is 25.2 Å². The molecule has 3 heterocycles. The summed E-state index contributed by atoms with van der Waals surface area (Å²) in [5, 5.41) is 4.80. The molecule has 0 atom stereocenters. The molecule has 2 amide bonds. The molecule has 21 heavy (non-hydrogen) atoms. The number of likely N-dealkylation sites (tertiary alicyclic amines) is 1. The Hall–Kier alpha value is -1.60. The van der Waals surface area contributed by atoms with Gasteiger partial charge in [-0.25, -0.2) is 0 Å². The van der Waals surface area contributed by atoms with Crippen LogP contribution in [-0.4, -0.2) is 58.1 Å². The van der Waals surface area contributed by atoms with Crippen LogP contribution in [0.4, 0.5) is 0 Å². The lowest BCUT2D eigenvalue weighted by molar-refractivity contribution is -0.125. The van der Waals surface area contributed by atoms with E-state index in [1.54, 1.807) is 4.90 Å². The molecular formula is C13H18ClN5O2. The van der Waals surface area contributed by atoms with Crippen LogP contribution < -0.4 is 5.73 Å². The van der Waals surface area contributed by atoms with Crippen molar-refractivity contribution in [3.8, 4) is 0 Å². The van der Waals surface area contributed by atoms with E-state index >= 15 is 0 Å². The Bertz CT molecular complexity index is 594. The molecule has 0 saturated carbocycles. The second-order valence-corrected chi connectivity index (χ2v) is 6.11. The number of primary amides is 1. The van der Waals surface area contributed by atoms with Crippen molar-refractivity contribution < 1.29 is 9.59 Å². The summed E-state index contributed by atoms with van der Waals surface area (Å²) in [6, 6.07) is 0. The van der Waals surface area contributed by atoms with Gasteiger partial charge in [0.15, 0.2) is 5.69 Å². The summed E-state index contributed by atoms with van der Waals surface area (Å²) in [6.45, 7) is 3.13. The van der Waals surface area contributed by atoms with Gasteiger partial charge < -0.3 is 15.5 Å². The molecule has 1 saturated heterocycles. The SMILES string of the molecule is CN1CCCn2nc(C(=O)N3CC(C(N)=O)C3)c(Cl)c2C1. The van der Waals surface area contributed by atoms with Gasteiger partial charge in [0.2, 0.25) is 5.91 Å². The average molecular weight is 312 g/mol. The first-order valence-electron chi connectivity index (χ1n) is 6.99. The van der Waals surface area contributed by atoms with Gasteiger partial charge >= 0.3 is 0 Å². The first kappa shape index (κ1) is 14.3. The lowest BCUT2D eigenvalue weighted by Gasteiger charge is -2.36. The number of hydrogen-bond acceptors (Lipinski definition) is 4. The van der Waals surface area contributed by atoms with Crippen LogP contribution in [0.25, 0.3) is 0 Å². The minimum absolute atomic E-state index is 0.222. The Labute approximate surface area is 127 Å². The van der Waals surface area contributed by atoms with Crippen LogP contribution in [0.15, 0.2) is 0 Å². The number of amides is 2. The smallest absolute Gasteiger partial charge is 0.275 e. The largest absolute Gasteiger partial charge is 0.369 e. The molecule has 0 aromatic carbocycles. The van der Waals surface area contributed by atoms with Gasteiger partial charge in [-0.3, -0.25) is 14.3 Å². The zero-order valence-corrected chi connectivity index (χ0v) is 12.6. The van der Waals surface area contributed by atoms with Gasteiger partial charge in [-0.2, -0.15) is 5.10 Å². The van der Waals surface area contributed by atoms with Crippen molar-refractivity contribution in [2.24, 2.45) is 11.7 Å². The van der Waals surface area contributed by atoms with Crippen molar-refractivity contribution >= 4 is 23.4 Å². The van der Waals surface area contributed by atoms with E-state index in [1.807, 2.05) is 11.7 Å². The summed E-state index contributed by atoms with van der Waals surface area (Å²) >= 11 is 6.35. The van der Waals surface area contributed by atoms with Crippen molar-refractivity contribution in [2.75, 3.05) is 26.7 Å². The number of nitrogens with zero attached hydrogens (tertiary/aromatic N) is 4. The standard InChI is InChI=1S/C13H18ClN5O2/c1-17-3-2-4-19-9(7-17)10(14)11(16-19)13(21)18-5-8(6-18)12(15)20/h8H,2-7H2,1H3,(H2,15,20). The number of carbonyl (C=O) groups is 2. The van der Waals surface area contributed by atoms with Crippen LogP contribution in [0.2, 0.25) is 5.02 Å². The third kappa shape index (κ3) is 2.51. The van der Waals surface area contributed by atoms with Gasteiger partial charge in [-0.15, -0.1) is 0 Å². The first-order chi connectivity index (χ1) is 9.97. The molecule has 3 rings (SSSR count). The van der Waals surface area contributed by atoms with Gasteiger partial charge in [0, 0.05) is 32.7 Å². The summed E-state index contributed by atoms with van der Waals surface area (Å²) in [5.41, 5.74) is 6.38. The van der Waals surface area contributed by atoms with E-state index in [4.69, 9.17) is 17.3 Å². The highest BCUT2D eigenvalue weighted by Crippen LogP contribution is 2.27. The third-order valence-electron chi connectivity index (χ3n) is 4.10. The van der Waals surface area contributed by atoms with E-state index in [1.165, 1.54) is 0 Å². The Balaban J connectivity index is 1.79. The zero-order chi connectivity index (χ0) is 15.1. The monoisotopic (exact) mass is 311 g/mol.